The molecule has 18 heavy (non-hydrogen) atoms. The molecule has 0 N–H and O–H groups in total. The van der Waals surface area contributed by atoms with Crippen LogP contribution < -0.4 is 4.90 Å². The van der Waals surface area contributed by atoms with Crippen LogP contribution in [-0.4, -0.2) is 5.91 Å². The number of rotatable bonds is 3. The minimum Gasteiger partial charge on any atom is -0.276 e. The van der Waals surface area contributed by atoms with Gasteiger partial charge in [0.05, 0.1) is 5.03 Å². The van der Waals surface area contributed by atoms with Crippen LogP contribution in [0.1, 0.15) is 0 Å². The molecular formula is C15H12ClNO. The Bertz CT molecular complexity index is 512. The van der Waals surface area contributed by atoms with Crippen molar-refractivity contribution in [3.8, 4) is 0 Å². The maximum absolute atomic E-state index is 12.1. The highest BCUT2D eigenvalue weighted by Crippen LogP contribution is 2.27. The fraction of sp³-hybridized carbons (Fsp3) is 0. The zero-order chi connectivity index (χ0) is 13.0. The minimum atomic E-state index is -0.325. The molecule has 0 radical (unpaired) electrons. The van der Waals surface area contributed by atoms with Crippen molar-refractivity contribution in [2.75, 3.05) is 4.90 Å². The van der Waals surface area contributed by atoms with Crippen LogP contribution in [0.15, 0.2) is 72.3 Å². The van der Waals surface area contributed by atoms with Crippen molar-refractivity contribution in [2.24, 2.45) is 0 Å². The number of carbonyl (C=O) groups is 1. The van der Waals surface area contributed by atoms with Gasteiger partial charge >= 0.3 is 0 Å². The molecule has 0 aliphatic heterocycles. The topological polar surface area (TPSA) is 20.3 Å². The van der Waals surface area contributed by atoms with Crippen molar-refractivity contribution in [1.82, 2.24) is 0 Å². The van der Waals surface area contributed by atoms with Crippen molar-refractivity contribution in [3.63, 3.8) is 0 Å². The normalized spacial score (nSPS) is 9.83. The molecule has 0 bridgehead atoms. The van der Waals surface area contributed by atoms with Crippen LogP contribution in [0.4, 0.5) is 11.4 Å². The van der Waals surface area contributed by atoms with E-state index in [1.54, 1.807) is 0 Å². The molecule has 0 unspecified atom stereocenters. The molecule has 1 amide bonds. The lowest BCUT2D eigenvalue weighted by molar-refractivity contribution is -0.113. The molecule has 0 aliphatic rings. The van der Waals surface area contributed by atoms with E-state index in [1.165, 1.54) is 4.90 Å². The maximum atomic E-state index is 12.1. The van der Waals surface area contributed by atoms with E-state index in [9.17, 15) is 4.79 Å². The Balaban J connectivity index is 2.48. The molecule has 0 saturated carbocycles. The molecular weight excluding hydrogens is 246 g/mol. The summed E-state index contributed by atoms with van der Waals surface area (Å²) >= 11 is 5.74. The molecule has 0 spiro atoms. The summed E-state index contributed by atoms with van der Waals surface area (Å²) in [7, 11) is 0. The van der Waals surface area contributed by atoms with E-state index in [0.717, 1.165) is 11.4 Å². The third-order valence-corrected chi connectivity index (χ3v) is 2.63. The largest absolute Gasteiger partial charge is 0.276 e. The number of hydrogen-bond acceptors (Lipinski definition) is 1. The lowest BCUT2D eigenvalue weighted by Gasteiger charge is -2.22. The molecule has 0 aromatic heterocycles. The quantitative estimate of drug-likeness (QED) is 0.758. The second-order valence-corrected chi connectivity index (χ2v) is 4.17. The number of anilines is 2. The van der Waals surface area contributed by atoms with Gasteiger partial charge in [-0.2, -0.15) is 0 Å². The van der Waals surface area contributed by atoms with E-state index >= 15 is 0 Å². The van der Waals surface area contributed by atoms with Crippen LogP contribution in [0, 0.1) is 0 Å². The molecule has 0 atom stereocenters. The van der Waals surface area contributed by atoms with E-state index in [-0.39, 0.29) is 10.9 Å². The Morgan fingerprint density at radius 2 is 1.28 bits per heavy atom. The zero-order valence-corrected chi connectivity index (χ0v) is 10.5. The minimum absolute atomic E-state index is 0.0114. The number of para-hydroxylation sites is 2. The second-order valence-electron chi connectivity index (χ2n) is 3.72. The first-order chi connectivity index (χ1) is 8.70. The number of halogens is 1. The average molecular weight is 258 g/mol. The first-order valence-corrected chi connectivity index (χ1v) is 5.87. The molecule has 0 aliphatic carbocycles. The summed E-state index contributed by atoms with van der Waals surface area (Å²) in [6, 6.07) is 18.7. The Labute approximate surface area is 111 Å². The Morgan fingerprint density at radius 3 is 1.61 bits per heavy atom. The van der Waals surface area contributed by atoms with Crippen molar-refractivity contribution >= 4 is 28.9 Å². The highest BCUT2D eigenvalue weighted by atomic mass is 35.5. The lowest BCUT2D eigenvalue weighted by atomic mass is 10.2. The summed E-state index contributed by atoms with van der Waals surface area (Å²) in [4.78, 5) is 13.7. The van der Waals surface area contributed by atoms with Crippen LogP contribution in [0.25, 0.3) is 0 Å². The van der Waals surface area contributed by atoms with E-state index in [0.29, 0.717) is 0 Å². The van der Waals surface area contributed by atoms with Crippen LogP contribution in [0.5, 0.6) is 0 Å². The van der Waals surface area contributed by atoms with E-state index in [4.69, 9.17) is 11.6 Å². The number of carbonyl (C=O) groups excluding carboxylic acids is 1. The van der Waals surface area contributed by atoms with Gasteiger partial charge in [-0.25, -0.2) is 0 Å². The zero-order valence-electron chi connectivity index (χ0n) is 9.71. The highest BCUT2D eigenvalue weighted by molar-refractivity contribution is 6.44. The lowest BCUT2D eigenvalue weighted by Crippen LogP contribution is -2.25. The molecule has 2 aromatic rings. The monoisotopic (exact) mass is 257 g/mol. The molecule has 2 nitrogen and oxygen atoms in total. The molecule has 2 rings (SSSR count). The Kier molecular flexibility index (Phi) is 3.80. The standard InChI is InChI=1S/C15H12ClNO/c1-12(16)15(18)17(13-8-4-2-5-9-13)14-10-6-3-7-11-14/h2-11H,1H2. The van der Waals surface area contributed by atoms with Crippen molar-refractivity contribution in [3.05, 3.63) is 72.3 Å². The molecule has 3 heteroatoms. The fourth-order valence-corrected chi connectivity index (χ4v) is 1.74. The van der Waals surface area contributed by atoms with Crippen LogP contribution in [0.2, 0.25) is 0 Å². The van der Waals surface area contributed by atoms with Gasteiger partial charge in [0.1, 0.15) is 0 Å². The van der Waals surface area contributed by atoms with Crippen molar-refractivity contribution in [2.45, 2.75) is 0 Å². The molecule has 2 aromatic carbocycles. The summed E-state index contributed by atoms with van der Waals surface area (Å²) in [5.41, 5.74) is 1.52. The average Bonchev–Trinajstić information content (AvgIpc) is 2.41. The summed E-state index contributed by atoms with van der Waals surface area (Å²) in [6.45, 7) is 3.50. The molecule has 0 fully saturated rings. The van der Waals surface area contributed by atoms with Gasteiger partial charge in [-0.1, -0.05) is 54.6 Å². The van der Waals surface area contributed by atoms with E-state index in [1.807, 2.05) is 60.7 Å². The summed E-state index contributed by atoms with van der Waals surface area (Å²) in [5.74, 6) is -0.325. The fourth-order valence-electron chi connectivity index (χ4n) is 1.66. The first kappa shape index (κ1) is 12.4. The van der Waals surface area contributed by atoms with Gasteiger partial charge in [-0.05, 0) is 24.3 Å². The predicted molar refractivity (Wildman–Crippen MR) is 75.0 cm³/mol. The second kappa shape index (κ2) is 5.52. The van der Waals surface area contributed by atoms with Gasteiger partial charge in [0, 0.05) is 11.4 Å². The van der Waals surface area contributed by atoms with Crippen LogP contribution >= 0.6 is 11.6 Å². The van der Waals surface area contributed by atoms with Gasteiger partial charge in [0.2, 0.25) is 0 Å². The van der Waals surface area contributed by atoms with Gasteiger partial charge in [-0.3, -0.25) is 9.69 Å². The Hall–Kier alpha value is -2.06. The SMILES string of the molecule is C=C(Cl)C(=O)N(c1ccccc1)c1ccccc1. The smallest absolute Gasteiger partial charge is 0.273 e. The van der Waals surface area contributed by atoms with E-state index < -0.39 is 0 Å². The Morgan fingerprint density at radius 1 is 0.889 bits per heavy atom. The summed E-state index contributed by atoms with van der Waals surface area (Å²) in [6.07, 6.45) is 0. The van der Waals surface area contributed by atoms with Gasteiger partial charge < -0.3 is 0 Å². The van der Waals surface area contributed by atoms with Gasteiger partial charge in [0.15, 0.2) is 0 Å². The van der Waals surface area contributed by atoms with Crippen LogP contribution in [-0.2, 0) is 4.79 Å². The number of amides is 1. The molecule has 0 saturated heterocycles. The molecule has 0 heterocycles. The van der Waals surface area contributed by atoms with Crippen molar-refractivity contribution in [1.29, 1.82) is 0 Å². The highest BCUT2D eigenvalue weighted by Gasteiger charge is 2.18. The third kappa shape index (κ3) is 2.60. The number of benzene rings is 2. The summed E-state index contributed by atoms with van der Waals surface area (Å²) < 4.78 is 0. The maximum Gasteiger partial charge on any atom is 0.273 e. The molecule has 90 valence electrons. The summed E-state index contributed by atoms with van der Waals surface area (Å²) in [5, 5.41) is -0.0114. The number of nitrogens with zero attached hydrogens (tertiary/aromatic N) is 1. The predicted octanol–water partition coefficient (Wildman–Crippen LogP) is 4.10. The van der Waals surface area contributed by atoms with E-state index in [2.05, 4.69) is 6.58 Å². The van der Waals surface area contributed by atoms with Gasteiger partial charge in [-0.15, -0.1) is 0 Å². The van der Waals surface area contributed by atoms with Gasteiger partial charge in [0.25, 0.3) is 5.91 Å². The third-order valence-electron chi connectivity index (χ3n) is 2.46. The first-order valence-electron chi connectivity index (χ1n) is 5.49. The number of hydrogen-bond donors (Lipinski definition) is 0. The van der Waals surface area contributed by atoms with Crippen LogP contribution in [0.3, 0.4) is 0 Å². The van der Waals surface area contributed by atoms with Crippen molar-refractivity contribution < 1.29 is 4.79 Å².